The van der Waals surface area contributed by atoms with Gasteiger partial charge in [-0.2, -0.15) is 0 Å². The van der Waals surface area contributed by atoms with Crippen molar-refractivity contribution in [2.45, 2.75) is 12.2 Å². The third-order valence-corrected chi connectivity index (χ3v) is 3.35. The Bertz CT molecular complexity index is 708. The molecule has 1 aliphatic rings. The van der Waals surface area contributed by atoms with Crippen LogP contribution in [0.2, 0.25) is 0 Å². The number of non-ortho nitro benzene ring substituents is 1. The minimum Gasteiger partial charge on any atom is -0.386 e. The first-order valence-electron chi connectivity index (χ1n) is 5.83. The fourth-order valence-electron chi connectivity index (χ4n) is 2.33. The number of aliphatic hydroxyl groups excluding tert-OH is 2. The number of nitro benzene ring substituents is 1. The van der Waals surface area contributed by atoms with E-state index in [1.165, 1.54) is 18.2 Å². The molecule has 0 saturated heterocycles. The van der Waals surface area contributed by atoms with E-state index >= 15 is 0 Å². The maximum absolute atomic E-state index is 10.8. The molecule has 19 heavy (non-hydrogen) atoms. The van der Waals surface area contributed by atoms with Crippen LogP contribution in [0.4, 0.5) is 5.69 Å². The van der Waals surface area contributed by atoms with E-state index in [-0.39, 0.29) is 5.69 Å². The molecule has 2 N–H and O–H groups in total. The molecular formula is C14H11NO4. The third-order valence-electron chi connectivity index (χ3n) is 3.35. The third kappa shape index (κ3) is 1.89. The van der Waals surface area contributed by atoms with Gasteiger partial charge in [0.05, 0.1) is 4.92 Å². The van der Waals surface area contributed by atoms with Crippen molar-refractivity contribution in [1.29, 1.82) is 0 Å². The lowest BCUT2D eigenvalue weighted by Crippen LogP contribution is -2.19. The largest absolute Gasteiger partial charge is 0.386 e. The van der Waals surface area contributed by atoms with Crippen molar-refractivity contribution in [1.82, 2.24) is 0 Å². The van der Waals surface area contributed by atoms with Gasteiger partial charge in [0.1, 0.15) is 12.2 Å². The van der Waals surface area contributed by atoms with E-state index < -0.39 is 17.1 Å². The summed E-state index contributed by atoms with van der Waals surface area (Å²) in [7, 11) is 0. The number of hydrogen-bond acceptors (Lipinski definition) is 4. The summed E-state index contributed by atoms with van der Waals surface area (Å²) in [5, 5.41) is 31.8. The molecule has 2 atom stereocenters. The van der Waals surface area contributed by atoms with E-state index in [2.05, 4.69) is 0 Å². The molecule has 0 fully saturated rings. The van der Waals surface area contributed by atoms with Crippen LogP contribution < -0.4 is 0 Å². The molecule has 0 saturated carbocycles. The van der Waals surface area contributed by atoms with Crippen LogP contribution in [-0.4, -0.2) is 21.2 Å². The zero-order valence-electron chi connectivity index (χ0n) is 9.85. The van der Waals surface area contributed by atoms with Crippen molar-refractivity contribution in [2.75, 3.05) is 0 Å². The molecule has 0 radical (unpaired) electrons. The highest BCUT2D eigenvalue weighted by atomic mass is 16.6. The molecule has 5 nitrogen and oxygen atoms in total. The molecule has 2 unspecified atom stereocenters. The summed E-state index contributed by atoms with van der Waals surface area (Å²) in [5.74, 6) is 0. The van der Waals surface area contributed by atoms with Crippen LogP contribution in [-0.2, 0) is 0 Å². The number of nitro groups is 1. The monoisotopic (exact) mass is 257 g/mol. The molecule has 0 heterocycles. The Kier molecular flexibility index (Phi) is 2.58. The lowest BCUT2D eigenvalue weighted by Gasteiger charge is -2.22. The average molecular weight is 257 g/mol. The van der Waals surface area contributed by atoms with Crippen molar-refractivity contribution in [3.8, 4) is 0 Å². The van der Waals surface area contributed by atoms with E-state index in [1.807, 2.05) is 6.07 Å². The normalized spacial score (nSPS) is 21.4. The van der Waals surface area contributed by atoms with Crippen molar-refractivity contribution in [2.24, 2.45) is 0 Å². The van der Waals surface area contributed by atoms with Crippen LogP contribution >= 0.6 is 0 Å². The van der Waals surface area contributed by atoms with E-state index in [0.29, 0.717) is 10.9 Å². The first-order chi connectivity index (χ1) is 9.06. The number of aliphatic hydroxyl groups is 2. The second-order valence-corrected chi connectivity index (χ2v) is 4.56. The Balaban J connectivity index is 2.23. The molecule has 2 aromatic carbocycles. The van der Waals surface area contributed by atoms with Crippen LogP contribution in [0.25, 0.3) is 16.8 Å². The van der Waals surface area contributed by atoms with Gasteiger partial charge in [0.15, 0.2) is 0 Å². The molecule has 0 amide bonds. The van der Waals surface area contributed by atoms with Crippen LogP contribution in [0.15, 0.2) is 36.4 Å². The van der Waals surface area contributed by atoms with Gasteiger partial charge in [-0.25, -0.2) is 0 Å². The molecule has 5 heteroatoms. The molecule has 96 valence electrons. The quantitative estimate of drug-likeness (QED) is 0.605. The zero-order chi connectivity index (χ0) is 13.6. The molecule has 3 rings (SSSR count). The van der Waals surface area contributed by atoms with Gasteiger partial charge in [0.2, 0.25) is 0 Å². The number of fused-ring (bicyclic) bond motifs is 2. The molecule has 0 aromatic heterocycles. The lowest BCUT2D eigenvalue weighted by atomic mass is 9.90. The Morgan fingerprint density at radius 2 is 1.89 bits per heavy atom. The number of nitrogens with zero attached hydrogens (tertiary/aromatic N) is 1. The van der Waals surface area contributed by atoms with Gasteiger partial charge >= 0.3 is 0 Å². The van der Waals surface area contributed by atoms with Crippen molar-refractivity contribution < 1.29 is 15.1 Å². The summed E-state index contributed by atoms with van der Waals surface area (Å²) in [6.45, 7) is 0. The summed E-state index contributed by atoms with van der Waals surface area (Å²) in [4.78, 5) is 10.3. The highest BCUT2D eigenvalue weighted by molar-refractivity contribution is 5.88. The Hall–Kier alpha value is -2.24. The Morgan fingerprint density at radius 1 is 1.11 bits per heavy atom. The van der Waals surface area contributed by atoms with Crippen LogP contribution in [0, 0.1) is 10.1 Å². The van der Waals surface area contributed by atoms with E-state index in [1.54, 1.807) is 18.2 Å². The van der Waals surface area contributed by atoms with E-state index in [9.17, 15) is 20.3 Å². The van der Waals surface area contributed by atoms with Gasteiger partial charge in [-0.15, -0.1) is 0 Å². The fraction of sp³-hybridized carbons (Fsp3) is 0.143. The maximum atomic E-state index is 10.8. The summed E-state index contributed by atoms with van der Waals surface area (Å²) < 4.78 is 0. The van der Waals surface area contributed by atoms with Gasteiger partial charge in [-0.3, -0.25) is 10.1 Å². The fourth-order valence-corrected chi connectivity index (χ4v) is 2.33. The first-order valence-corrected chi connectivity index (χ1v) is 5.83. The summed E-state index contributed by atoms with van der Waals surface area (Å²) >= 11 is 0. The number of benzene rings is 2. The molecule has 1 aliphatic carbocycles. The summed E-state index contributed by atoms with van der Waals surface area (Å²) in [5.41, 5.74) is 1.41. The average Bonchev–Trinajstić information content (AvgIpc) is 2.41. The zero-order valence-corrected chi connectivity index (χ0v) is 9.85. The highest BCUT2D eigenvalue weighted by Gasteiger charge is 2.22. The topological polar surface area (TPSA) is 83.6 Å². The van der Waals surface area contributed by atoms with Crippen molar-refractivity contribution >= 4 is 22.5 Å². The minimum absolute atomic E-state index is 0.00818. The number of rotatable bonds is 1. The van der Waals surface area contributed by atoms with Crippen molar-refractivity contribution in [3.63, 3.8) is 0 Å². The van der Waals surface area contributed by atoms with Crippen molar-refractivity contribution in [3.05, 3.63) is 57.6 Å². The smallest absolute Gasteiger partial charge is 0.270 e. The number of hydrogen-bond donors (Lipinski definition) is 2. The summed E-state index contributed by atoms with van der Waals surface area (Å²) in [6.07, 6.45) is 1.34. The Labute approximate surface area is 108 Å². The predicted octanol–water partition coefficient (Wildman–Crippen LogP) is 2.17. The first kappa shape index (κ1) is 11.8. The van der Waals surface area contributed by atoms with Gasteiger partial charge in [0, 0.05) is 12.1 Å². The van der Waals surface area contributed by atoms with E-state index in [0.717, 1.165) is 10.9 Å². The molecule has 0 aliphatic heterocycles. The molecule has 0 bridgehead atoms. The van der Waals surface area contributed by atoms with Gasteiger partial charge in [-0.1, -0.05) is 12.2 Å². The second kappa shape index (κ2) is 4.15. The second-order valence-electron chi connectivity index (χ2n) is 4.56. The molecule has 2 aromatic rings. The highest BCUT2D eigenvalue weighted by Crippen LogP contribution is 2.32. The van der Waals surface area contributed by atoms with Crippen LogP contribution in [0.3, 0.4) is 0 Å². The molecule has 0 spiro atoms. The lowest BCUT2D eigenvalue weighted by molar-refractivity contribution is -0.384. The van der Waals surface area contributed by atoms with Gasteiger partial charge < -0.3 is 10.2 Å². The van der Waals surface area contributed by atoms with Crippen LogP contribution in [0.1, 0.15) is 17.2 Å². The SMILES string of the molecule is O=[N+]([O-])c1ccc2cc3c(cc2c1)C(O)C(O)C=C3. The minimum atomic E-state index is -0.997. The molecular weight excluding hydrogens is 246 g/mol. The van der Waals surface area contributed by atoms with Gasteiger partial charge in [0.25, 0.3) is 5.69 Å². The maximum Gasteiger partial charge on any atom is 0.270 e. The van der Waals surface area contributed by atoms with Gasteiger partial charge in [-0.05, 0) is 40.1 Å². The van der Waals surface area contributed by atoms with E-state index in [4.69, 9.17) is 0 Å². The standard InChI is InChI=1S/C14H11NO4/c16-13-4-2-9-5-8-1-3-11(15(18)19)6-10(8)7-12(9)14(13)17/h1-7,13-14,16-17H. The van der Waals surface area contributed by atoms with Crippen LogP contribution in [0.5, 0.6) is 0 Å². The summed E-state index contributed by atoms with van der Waals surface area (Å²) in [6, 6.07) is 8.13. The predicted molar refractivity (Wildman–Crippen MR) is 70.6 cm³/mol. The Morgan fingerprint density at radius 3 is 2.63 bits per heavy atom.